The molecule has 0 atom stereocenters. The summed E-state index contributed by atoms with van der Waals surface area (Å²) in [4.78, 5) is 24.9. The van der Waals surface area contributed by atoms with E-state index in [-0.39, 0.29) is 12.6 Å². The first-order valence-corrected chi connectivity index (χ1v) is 16.1. The van der Waals surface area contributed by atoms with Gasteiger partial charge in [-0.2, -0.15) is 5.10 Å². The Kier molecular flexibility index (Phi) is 9.52. The van der Waals surface area contributed by atoms with Crippen molar-refractivity contribution in [2.24, 2.45) is 0 Å². The molecule has 9 heteroatoms. The summed E-state index contributed by atoms with van der Waals surface area (Å²) >= 11 is 7.04. The molecule has 0 aliphatic carbocycles. The zero-order valence-corrected chi connectivity index (χ0v) is 26.6. The lowest BCUT2D eigenvalue weighted by atomic mass is 9.98. The topological polar surface area (TPSA) is 84.6 Å². The third kappa shape index (κ3) is 6.09. The normalized spacial score (nSPS) is 13.4. The van der Waals surface area contributed by atoms with Crippen molar-refractivity contribution in [3.63, 3.8) is 0 Å². The largest absolute Gasteiger partial charge is 0.493 e. The number of hydrogen-bond acceptors (Lipinski definition) is 6. The van der Waals surface area contributed by atoms with Gasteiger partial charge in [0.05, 0.1) is 36.1 Å². The predicted octanol–water partition coefficient (Wildman–Crippen LogP) is 7.71. The molecule has 234 valence electrons. The maximum absolute atomic E-state index is 13.7. The smallest absolute Gasteiger partial charge is 0.355 e. The molecular formula is C36H38ClN3O5. The van der Waals surface area contributed by atoms with Gasteiger partial charge < -0.3 is 23.6 Å². The van der Waals surface area contributed by atoms with Crippen LogP contribution in [0.2, 0.25) is 5.02 Å². The van der Waals surface area contributed by atoms with E-state index >= 15 is 0 Å². The van der Waals surface area contributed by atoms with Crippen molar-refractivity contribution >= 4 is 45.5 Å². The summed E-state index contributed by atoms with van der Waals surface area (Å²) in [6, 6.07) is 18.2. The lowest BCUT2D eigenvalue weighted by Crippen LogP contribution is -2.15. The number of aryl methyl sites for hydroxylation is 3. The summed E-state index contributed by atoms with van der Waals surface area (Å²) in [7, 11) is 0. The Hall–Kier alpha value is -4.14. The minimum atomic E-state index is -0.342. The van der Waals surface area contributed by atoms with E-state index in [2.05, 4.69) is 22.8 Å². The number of carbonyl (C=O) groups is 2. The highest BCUT2D eigenvalue weighted by Crippen LogP contribution is 2.43. The number of halogens is 1. The second kappa shape index (κ2) is 13.9. The van der Waals surface area contributed by atoms with Crippen molar-refractivity contribution in [1.82, 2.24) is 14.3 Å². The summed E-state index contributed by atoms with van der Waals surface area (Å²) in [5, 5.41) is 8.60. The van der Waals surface area contributed by atoms with Gasteiger partial charge in [-0.1, -0.05) is 54.1 Å². The van der Waals surface area contributed by atoms with Crippen molar-refractivity contribution in [2.75, 3.05) is 19.8 Å². The Morgan fingerprint density at radius 1 is 1.07 bits per heavy atom. The molecule has 5 aromatic rings. The third-order valence-corrected chi connectivity index (χ3v) is 8.79. The molecular weight excluding hydrogens is 590 g/mol. The molecule has 1 aliphatic heterocycles. The van der Waals surface area contributed by atoms with E-state index in [1.165, 1.54) is 0 Å². The SMILES string of the molecule is CCOC(=O)c1c(CCCOc2cccc3ccccc23)c2ccc(Cl)c3c2n1CCCCOCc1nn(CCC=O)c(C)c1-3. The number of nitrogens with zero attached hydrogens (tertiary/aromatic N) is 3. The molecule has 8 nitrogen and oxygen atoms in total. The second-order valence-corrected chi connectivity index (χ2v) is 11.7. The van der Waals surface area contributed by atoms with Crippen LogP contribution < -0.4 is 4.74 Å². The van der Waals surface area contributed by atoms with Gasteiger partial charge in [0, 0.05) is 53.7 Å². The number of ether oxygens (including phenoxy) is 3. The minimum Gasteiger partial charge on any atom is -0.493 e. The molecule has 1 aliphatic rings. The molecule has 0 amide bonds. The van der Waals surface area contributed by atoms with Crippen LogP contribution in [-0.2, 0) is 40.4 Å². The number of hydrogen-bond donors (Lipinski definition) is 0. The van der Waals surface area contributed by atoms with Gasteiger partial charge in [0.2, 0.25) is 0 Å². The van der Waals surface area contributed by atoms with Crippen LogP contribution in [0.4, 0.5) is 0 Å². The van der Waals surface area contributed by atoms with Crippen molar-refractivity contribution < 1.29 is 23.8 Å². The second-order valence-electron chi connectivity index (χ2n) is 11.3. The van der Waals surface area contributed by atoms with Crippen molar-refractivity contribution in [3.8, 4) is 16.9 Å². The summed E-state index contributed by atoms with van der Waals surface area (Å²) in [5.74, 6) is 0.506. The predicted molar refractivity (Wildman–Crippen MR) is 176 cm³/mol. The van der Waals surface area contributed by atoms with E-state index in [4.69, 9.17) is 30.9 Å². The fraction of sp³-hybridized carbons (Fsp3) is 0.361. The lowest BCUT2D eigenvalue weighted by Gasteiger charge is -2.14. The van der Waals surface area contributed by atoms with Crippen LogP contribution in [0.1, 0.15) is 60.0 Å². The van der Waals surface area contributed by atoms with E-state index in [1.54, 1.807) is 0 Å². The van der Waals surface area contributed by atoms with Crippen molar-refractivity contribution in [1.29, 1.82) is 0 Å². The quantitative estimate of drug-likeness (QED) is 0.0896. The fourth-order valence-corrected chi connectivity index (χ4v) is 6.71. The van der Waals surface area contributed by atoms with Crippen molar-refractivity contribution in [3.05, 3.63) is 82.3 Å². The number of carbonyl (C=O) groups excluding carboxylic acids is 2. The van der Waals surface area contributed by atoms with Crippen LogP contribution in [0.5, 0.6) is 5.75 Å². The Bertz CT molecular complexity index is 1850. The summed E-state index contributed by atoms with van der Waals surface area (Å²) in [6.07, 6.45) is 4.23. The van der Waals surface area contributed by atoms with E-state index in [0.717, 1.165) is 74.6 Å². The molecule has 0 radical (unpaired) electrons. The average Bonchev–Trinajstić information content (AvgIpc) is 3.52. The minimum absolute atomic E-state index is 0.276. The van der Waals surface area contributed by atoms with E-state index < -0.39 is 0 Å². The average molecular weight is 628 g/mol. The number of aromatic nitrogens is 3. The molecule has 0 saturated heterocycles. The van der Waals surface area contributed by atoms with E-state index in [9.17, 15) is 9.59 Å². The molecule has 0 fully saturated rings. The Morgan fingerprint density at radius 3 is 2.76 bits per heavy atom. The van der Waals surface area contributed by atoms with E-state index in [1.807, 2.05) is 54.9 Å². The first-order chi connectivity index (χ1) is 22.0. The third-order valence-electron chi connectivity index (χ3n) is 8.47. The maximum atomic E-state index is 13.7. The standard InChI is InChI=1S/C36H38ClN3O5/c1-3-44-36(42)35-27(14-9-22-45-31-15-8-12-25-11-4-5-13-26(25)31)28-16-17-29(37)33-32-24(2)40(19-10-20-41)38-30(32)23-43-21-7-6-18-39(35)34(28)33/h4-5,8,11-13,15-17,20H,3,6-7,9-10,14,18-19,21-23H2,1-2H3. The first kappa shape index (κ1) is 30.9. The van der Waals surface area contributed by atoms with Gasteiger partial charge >= 0.3 is 5.97 Å². The Balaban J connectivity index is 1.45. The molecule has 3 heterocycles. The monoisotopic (exact) mass is 627 g/mol. The summed E-state index contributed by atoms with van der Waals surface area (Å²) in [6.45, 7) is 6.58. The molecule has 6 rings (SSSR count). The number of esters is 1. The zero-order valence-electron chi connectivity index (χ0n) is 25.8. The highest BCUT2D eigenvalue weighted by Gasteiger charge is 2.29. The van der Waals surface area contributed by atoms with Gasteiger partial charge in [0.15, 0.2) is 0 Å². The summed E-state index contributed by atoms with van der Waals surface area (Å²) in [5.41, 5.74) is 5.78. The van der Waals surface area contributed by atoms with Gasteiger partial charge in [-0.15, -0.1) is 0 Å². The fourth-order valence-electron chi connectivity index (χ4n) is 6.46. The molecule has 0 saturated carbocycles. The number of benzene rings is 3. The first-order valence-electron chi connectivity index (χ1n) is 15.7. The Morgan fingerprint density at radius 2 is 1.91 bits per heavy atom. The van der Waals surface area contributed by atoms with Crippen LogP contribution in [0.15, 0.2) is 54.6 Å². The van der Waals surface area contributed by atoms with Gasteiger partial charge in [-0.3, -0.25) is 4.68 Å². The molecule has 0 bridgehead atoms. The van der Waals surface area contributed by atoms with Crippen LogP contribution in [-0.4, -0.2) is 46.4 Å². The van der Waals surface area contributed by atoms with Crippen LogP contribution >= 0.6 is 11.6 Å². The maximum Gasteiger partial charge on any atom is 0.355 e. The molecule has 3 aromatic carbocycles. The van der Waals surface area contributed by atoms with Crippen LogP contribution in [0, 0.1) is 6.92 Å². The molecule has 45 heavy (non-hydrogen) atoms. The van der Waals surface area contributed by atoms with Gasteiger partial charge in [0.1, 0.15) is 17.7 Å². The number of aldehydes is 1. The number of rotatable bonds is 10. The zero-order chi connectivity index (χ0) is 31.3. The van der Waals surface area contributed by atoms with Crippen LogP contribution in [0.3, 0.4) is 0 Å². The van der Waals surface area contributed by atoms with Gasteiger partial charge in [-0.05, 0) is 62.6 Å². The van der Waals surface area contributed by atoms with Crippen LogP contribution in [0.25, 0.3) is 32.8 Å². The summed E-state index contributed by atoms with van der Waals surface area (Å²) < 4.78 is 21.9. The Labute approximate surface area is 267 Å². The molecule has 2 aromatic heterocycles. The highest BCUT2D eigenvalue weighted by molar-refractivity contribution is 6.35. The van der Waals surface area contributed by atoms with Gasteiger partial charge in [-0.25, -0.2) is 4.79 Å². The lowest BCUT2D eigenvalue weighted by molar-refractivity contribution is -0.108. The van der Waals surface area contributed by atoms with Crippen molar-refractivity contribution in [2.45, 2.75) is 65.6 Å². The molecule has 0 unspecified atom stereocenters. The highest BCUT2D eigenvalue weighted by atomic mass is 35.5. The molecule has 0 spiro atoms. The number of fused-ring (bicyclic) bond motifs is 3. The molecule has 0 N–H and O–H groups in total. The van der Waals surface area contributed by atoms with E-state index in [0.29, 0.717) is 62.9 Å². The van der Waals surface area contributed by atoms with Gasteiger partial charge in [0.25, 0.3) is 0 Å².